The Morgan fingerprint density at radius 3 is 2.17 bits per heavy atom. The quantitative estimate of drug-likeness (QED) is 0.259. The second kappa shape index (κ2) is 18.7. The van der Waals surface area contributed by atoms with Gasteiger partial charge in [0.2, 0.25) is 0 Å². The number of hydrogen-bond donors (Lipinski definition) is 1. The highest BCUT2D eigenvalue weighted by Gasteiger charge is 2.01. The second-order valence-corrected chi connectivity index (χ2v) is 5.54. The molecule has 0 saturated heterocycles. The van der Waals surface area contributed by atoms with Gasteiger partial charge in [-0.1, -0.05) is 62.6 Å². The molecule has 0 fully saturated rings. The first-order valence-corrected chi connectivity index (χ1v) is 9.02. The molecule has 0 atom stereocenters. The van der Waals surface area contributed by atoms with Crippen molar-refractivity contribution < 1.29 is 14.6 Å². The van der Waals surface area contributed by atoms with Gasteiger partial charge in [-0.3, -0.25) is 4.79 Å². The Morgan fingerprint density at radius 2 is 1.48 bits per heavy atom. The van der Waals surface area contributed by atoms with Crippen LogP contribution in [0, 0.1) is 0 Å². The van der Waals surface area contributed by atoms with Gasteiger partial charge in [-0.2, -0.15) is 0 Å². The maximum atomic E-state index is 11.2. The van der Waals surface area contributed by atoms with Crippen LogP contribution in [0.1, 0.15) is 71.1 Å². The first-order chi connectivity index (χ1) is 11.3. The summed E-state index contributed by atoms with van der Waals surface area (Å²) in [6, 6.07) is 0. The Labute approximate surface area is 142 Å². The lowest BCUT2D eigenvalue weighted by atomic mass is 10.1. The van der Waals surface area contributed by atoms with Crippen LogP contribution in [0.15, 0.2) is 36.5 Å². The molecule has 3 nitrogen and oxygen atoms in total. The van der Waals surface area contributed by atoms with E-state index >= 15 is 0 Å². The van der Waals surface area contributed by atoms with Crippen LogP contribution in [-0.4, -0.2) is 24.3 Å². The van der Waals surface area contributed by atoms with Crippen LogP contribution in [-0.2, 0) is 9.53 Å². The van der Waals surface area contributed by atoms with E-state index in [2.05, 4.69) is 43.4 Å². The molecule has 0 aliphatic carbocycles. The summed E-state index contributed by atoms with van der Waals surface area (Å²) in [6.45, 7) is 2.18. The summed E-state index contributed by atoms with van der Waals surface area (Å²) in [5, 5.41) is 8.53. The fraction of sp³-hybridized carbons (Fsp3) is 0.650. The van der Waals surface area contributed by atoms with Gasteiger partial charge in [0.15, 0.2) is 0 Å². The average molecular weight is 322 g/mol. The molecule has 0 radical (unpaired) electrons. The van der Waals surface area contributed by atoms with Crippen LogP contribution >= 0.6 is 0 Å². The molecule has 0 aliphatic heterocycles. The number of esters is 1. The number of hydrogen-bond acceptors (Lipinski definition) is 3. The maximum absolute atomic E-state index is 11.2. The second-order valence-electron chi connectivity index (χ2n) is 5.54. The van der Waals surface area contributed by atoms with E-state index in [0.29, 0.717) is 6.42 Å². The van der Waals surface area contributed by atoms with Gasteiger partial charge in [0.1, 0.15) is 6.61 Å². The zero-order valence-electron chi connectivity index (χ0n) is 14.7. The summed E-state index contributed by atoms with van der Waals surface area (Å²) < 4.78 is 4.80. The van der Waals surface area contributed by atoms with Crippen molar-refractivity contribution in [3.8, 4) is 0 Å². The number of aliphatic hydroxyl groups excluding tert-OH is 1. The minimum absolute atomic E-state index is 0.0923. The Hall–Kier alpha value is -1.35. The van der Waals surface area contributed by atoms with E-state index in [9.17, 15) is 4.79 Å². The van der Waals surface area contributed by atoms with E-state index in [1.165, 1.54) is 19.3 Å². The summed E-state index contributed by atoms with van der Waals surface area (Å²) in [4.78, 5) is 11.2. The van der Waals surface area contributed by atoms with Crippen molar-refractivity contribution in [2.45, 2.75) is 71.1 Å². The summed E-state index contributed by atoms with van der Waals surface area (Å²) in [5.41, 5.74) is 0. The summed E-state index contributed by atoms with van der Waals surface area (Å²) >= 11 is 0. The molecule has 3 heteroatoms. The fourth-order valence-corrected chi connectivity index (χ4v) is 2.12. The lowest BCUT2D eigenvalue weighted by Crippen LogP contribution is -2.07. The third-order valence-electron chi connectivity index (χ3n) is 3.39. The molecule has 0 aliphatic rings. The van der Waals surface area contributed by atoms with Gasteiger partial charge in [-0.15, -0.1) is 0 Å². The van der Waals surface area contributed by atoms with Crippen LogP contribution in [0.4, 0.5) is 0 Å². The molecule has 1 N–H and O–H groups in total. The van der Waals surface area contributed by atoms with Gasteiger partial charge < -0.3 is 9.84 Å². The van der Waals surface area contributed by atoms with Crippen LogP contribution < -0.4 is 0 Å². The molecule has 0 rings (SSSR count). The number of carbonyl (C=O) groups is 1. The molecule has 0 amide bonds. The van der Waals surface area contributed by atoms with Crippen molar-refractivity contribution in [1.82, 2.24) is 0 Å². The molecular weight excluding hydrogens is 288 g/mol. The van der Waals surface area contributed by atoms with Crippen LogP contribution in [0.25, 0.3) is 0 Å². The summed E-state index contributed by atoms with van der Waals surface area (Å²) in [5.74, 6) is -0.194. The minimum Gasteiger partial charge on any atom is -0.463 e. The predicted octanol–water partition coefficient (Wildman–Crippen LogP) is 5.11. The predicted molar refractivity (Wildman–Crippen MR) is 97.3 cm³/mol. The van der Waals surface area contributed by atoms with Crippen molar-refractivity contribution in [2.24, 2.45) is 0 Å². The number of carbonyl (C=O) groups excluding carboxylic acids is 1. The molecule has 23 heavy (non-hydrogen) atoms. The van der Waals surface area contributed by atoms with Crippen molar-refractivity contribution >= 4 is 5.97 Å². The molecule has 0 aromatic carbocycles. The number of aliphatic hydroxyl groups is 1. The molecule has 0 spiro atoms. The highest BCUT2D eigenvalue weighted by molar-refractivity contribution is 5.69. The van der Waals surface area contributed by atoms with E-state index in [0.717, 1.165) is 38.5 Å². The van der Waals surface area contributed by atoms with Gasteiger partial charge >= 0.3 is 5.97 Å². The fourth-order valence-electron chi connectivity index (χ4n) is 2.12. The molecule has 0 saturated carbocycles. The Bertz CT molecular complexity index is 343. The zero-order valence-corrected chi connectivity index (χ0v) is 14.7. The van der Waals surface area contributed by atoms with Crippen LogP contribution in [0.5, 0.6) is 0 Å². The van der Waals surface area contributed by atoms with Crippen molar-refractivity contribution in [1.29, 1.82) is 0 Å². The van der Waals surface area contributed by atoms with E-state index in [-0.39, 0.29) is 19.2 Å². The topological polar surface area (TPSA) is 46.5 Å². The standard InChI is InChI=1S/C20H34O3/c1-2-3-4-5-6-7-8-9-10-11-12-13-14-15-16-17-20(22)23-19-18-21/h3-4,6-7,9-10,21H,2,5,8,11-19H2,1H3/b4-3-,7-6-,10-9-. The lowest BCUT2D eigenvalue weighted by Gasteiger charge is -2.02. The normalized spacial score (nSPS) is 11.9. The zero-order chi connectivity index (χ0) is 17.0. The Morgan fingerprint density at radius 1 is 0.870 bits per heavy atom. The Kier molecular flexibility index (Phi) is 17.6. The lowest BCUT2D eigenvalue weighted by molar-refractivity contribution is -0.144. The number of allylic oxidation sites excluding steroid dienone is 6. The van der Waals surface area contributed by atoms with Crippen LogP contribution in [0.3, 0.4) is 0 Å². The molecule has 0 bridgehead atoms. The largest absolute Gasteiger partial charge is 0.463 e. The number of rotatable bonds is 15. The smallest absolute Gasteiger partial charge is 0.305 e. The summed E-state index contributed by atoms with van der Waals surface area (Å²) in [7, 11) is 0. The van der Waals surface area contributed by atoms with Crippen molar-refractivity contribution in [3.63, 3.8) is 0 Å². The first kappa shape index (κ1) is 21.6. The van der Waals surface area contributed by atoms with E-state index in [4.69, 9.17) is 9.84 Å². The number of unbranched alkanes of at least 4 members (excludes halogenated alkanes) is 5. The minimum atomic E-state index is -0.194. The van der Waals surface area contributed by atoms with E-state index < -0.39 is 0 Å². The molecule has 132 valence electrons. The molecular formula is C20H34O3. The van der Waals surface area contributed by atoms with Gasteiger partial charge in [0.25, 0.3) is 0 Å². The van der Waals surface area contributed by atoms with Gasteiger partial charge in [0, 0.05) is 6.42 Å². The van der Waals surface area contributed by atoms with Gasteiger partial charge in [-0.05, 0) is 38.5 Å². The van der Waals surface area contributed by atoms with Gasteiger partial charge in [0.05, 0.1) is 6.61 Å². The third-order valence-corrected chi connectivity index (χ3v) is 3.39. The van der Waals surface area contributed by atoms with E-state index in [1.807, 2.05) is 0 Å². The highest BCUT2D eigenvalue weighted by atomic mass is 16.5. The molecule has 0 aromatic heterocycles. The summed E-state index contributed by atoms with van der Waals surface area (Å²) in [6.07, 6.45) is 23.7. The monoisotopic (exact) mass is 322 g/mol. The molecule has 0 unspecified atom stereocenters. The van der Waals surface area contributed by atoms with E-state index in [1.54, 1.807) is 0 Å². The first-order valence-electron chi connectivity index (χ1n) is 9.02. The highest BCUT2D eigenvalue weighted by Crippen LogP contribution is 2.08. The Balaban J connectivity index is 3.28. The maximum Gasteiger partial charge on any atom is 0.305 e. The molecule has 0 aromatic rings. The van der Waals surface area contributed by atoms with Gasteiger partial charge in [-0.25, -0.2) is 0 Å². The van der Waals surface area contributed by atoms with Crippen molar-refractivity contribution in [3.05, 3.63) is 36.5 Å². The van der Waals surface area contributed by atoms with Crippen molar-refractivity contribution in [2.75, 3.05) is 13.2 Å². The van der Waals surface area contributed by atoms with Crippen LogP contribution in [0.2, 0.25) is 0 Å². The third kappa shape index (κ3) is 18.6. The average Bonchev–Trinajstić information content (AvgIpc) is 2.56. The molecule has 0 heterocycles. The SMILES string of the molecule is CC/C=C\C/C=C\C/C=C\CCCCCCCC(=O)OCCO. The number of ether oxygens (including phenoxy) is 1.